The van der Waals surface area contributed by atoms with Crippen molar-refractivity contribution in [3.63, 3.8) is 0 Å². The third-order valence-electron chi connectivity index (χ3n) is 4.31. The minimum absolute atomic E-state index is 0.114. The van der Waals surface area contributed by atoms with Gasteiger partial charge in [0.25, 0.3) is 0 Å². The maximum absolute atomic E-state index is 11.9. The maximum atomic E-state index is 11.9. The molecule has 0 saturated heterocycles. The molecule has 0 bridgehead atoms. The van der Waals surface area contributed by atoms with E-state index in [1.165, 1.54) is 12.8 Å². The number of nitrogens with one attached hydrogen (secondary N) is 1. The molecule has 0 spiro atoms. The van der Waals surface area contributed by atoms with E-state index in [1.54, 1.807) is 0 Å². The molecule has 1 amide bonds. The molecule has 0 aromatic rings. The molecule has 5 nitrogen and oxygen atoms in total. The number of carboxylic acid groups (broad SMARTS) is 1. The first kappa shape index (κ1) is 13.3. The Hall–Kier alpha value is -1.10. The van der Waals surface area contributed by atoms with Gasteiger partial charge in [0, 0.05) is 19.1 Å². The highest BCUT2D eigenvalue weighted by atomic mass is 16.4. The second-order valence-electron chi connectivity index (χ2n) is 6.12. The molecule has 2 atom stereocenters. The lowest BCUT2D eigenvalue weighted by molar-refractivity contribution is -0.140. The summed E-state index contributed by atoms with van der Waals surface area (Å²) in [5.41, 5.74) is -0.404. The number of rotatable bonds is 6. The number of carbonyl (C=O) groups is 2. The summed E-state index contributed by atoms with van der Waals surface area (Å²) in [6.45, 7) is 5.12. The number of carbonyl (C=O) groups excluding carboxylic acids is 1. The van der Waals surface area contributed by atoms with Crippen molar-refractivity contribution in [1.29, 1.82) is 0 Å². The standard InChI is InChI=1S/C13H22N2O3/c1-13(2)9(10(13)12(17)18)11(16)14-6-7-15(3)8-4-5-8/h8-10H,4-7H2,1-3H3,(H,14,16)(H,17,18)/t9-,10+/m1/s1. The Morgan fingerprint density at radius 3 is 2.39 bits per heavy atom. The average molecular weight is 254 g/mol. The van der Waals surface area contributed by atoms with Gasteiger partial charge < -0.3 is 15.3 Å². The average Bonchev–Trinajstić information content (AvgIpc) is 3.11. The van der Waals surface area contributed by atoms with Crippen molar-refractivity contribution in [3.8, 4) is 0 Å². The van der Waals surface area contributed by atoms with Gasteiger partial charge in [0.1, 0.15) is 0 Å². The van der Waals surface area contributed by atoms with E-state index < -0.39 is 17.3 Å². The molecule has 5 heteroatoms. The zero-order valence-corrected chi connectivity index (χ0v) is 11.3. The van der Waals surface area contributed by atoms with Gasteiger partial charge in [0.05, 0.1) is 11.8 Å². The van der Waals surface area contributed by atoms with Crippen LogP contribution < -0.4 is 5.32 Å². The summed E-state index contributed by atoms with van der Waals surface area (Å²) >= 11 is 0. The van der Waals surface area contributed by atoms with Crippen molar-refractivity contribution >= 4 is 11.9 Å². The highest BCUT2D eigenvalue weighted by Gasteiger charge is 2.65. The maximum Gasteiger partial charge on any atom is 0.307 e. The molecule has 0 aromatic heterocycles. The molecular formula is C13H22N2O3. The molecule has 0 aliphatic heterocycles. The van der Waals surface area contributed by atoms with E-state index in [9.17, 15) is 9.59 Å². The van der Waals surface area contributed by atoms with Gasteiger partial charge >= 0.3 is 5.97 Å². The van der Waals surface area contributed by atoms with Crippen LogP contribution in [-0.2, 0) is 9.59 Å². The number of hydrogen-bond acceptors (Lipinski definition) is 3. The van der Waals surface area contributed by atoms with Crippen molar-refractivity contribution in [2.24, 2.45) is 17.3 Å². The summed E-state index contributed by atoms with van der Waals surface area (Å²) < 4.78 is 0. The van der Waals surface area contributed by atoms with E-state index in [2.05, 4.69) is 17.3 Å². The van der Waals surface area contributed by atoms with Gasteiger partial charge in [-0.3, -0.25) is 9.59 Å². The smallest absolute Gasteiger partial charge is 0.307 e. The van der Waals surface area contributed by atoms with Crippen molar-refractivity contribution in [3.05, 3.63) is 0 Å². The normalized spacial score (nSPS) is 29.1. The van der Waals surface area contributed by atoms with Gasteiger partial charge in [0.2, 0.25) is 5.91 Å². The second kappa shape index (κ2) is 4.53. The minimum Gasteiger partial charge on any atom is -0.481 e. The highest BCUT2D eigenvalue weighted by Crippen LogP contribution is 2.58. The Bertz CT molecular complexity index is 363. The fourth-order valence-electron chi connectivity index (χ4n) is 2.75. The molecule has 2 rings (SSSR count). The lowest BCUT2D eigenvalue weighted by atomic mass is 10.1. The molecule has 2 saturated carbocycles. The Kier molecular flexibility index (Phi) is 3.36. The number of likely N-dealkylation sites (N-methyl/N-ethyl adjacent to an activating group) is 1. The van der Waals surface area contributed by atoms with Crippen LogP contribution in [-0.4, -0.2) is 48.1 Å². The Balaban J connectivity index is 1.73. The molecule has 0 aromatic carbocycles. The van der Waals surface area contributed by atoms with Crippen LogP contribution in [0.15, 0.2) is 0 Å². The molecule has 2 aliphatic carbocycles. The molecule has 18 heavy (non-hydrogen) atoms. The monoisotopic (exact) mass is 254 g/mol. The lowest BCUT2D eigenvalue weighted by Crippen LogP contribution is -2.35. The molecule has 0 unspecified atom stereocenters. The van der Waals surface area contributed by atoms with E-state index in [0.29, 0.717) is 12.6 Å². The van der Waals surface area contributed by atoms with Crippen LogP contribution in [0.4, 0.5) is 0 Å². The number of hydrogen-bond donors (Lipinski definition) is 2. The summed E-state index contributed by atoms with van der Waals surface area (Å²) in [5, 5.41) is 11.9. The van der Waals surface area contributed by atoms with E-state index in [1.807, 2.05) is 13.8 Å². The Morgan fingerprint density at radius 1 is 1.33 bits per heavy atom. The van der Waals surface area contributed by atoms with Crippen LogP contribution in [0, 0.1) is 17.3 Å². The van der Waals surface area contributed by atoms with E-state index in [-0.39, 0.29) is 11.8 Å². The van der Waals surface area contributed by atoms with Crippen LogP contribution in [0.2, 0.25) is 0 Å². The van der Waals surface area contributed by atoms with Gasteiger partial charge in [-0.15, -0.1) is 0 Å². The molecule has 0 heterocycles. The first-order valence-corrected chi connectivity index (χ1v) is 6.56. The van der Waals surface area contributed by atoms with Crippen molar-refractivity contribution in [1.82, 2.24) is 10.2 Å². The Labute approximate surface area is 108 Å². The first-order valence-electron chi connectivity index (χ1n) is 6.56. The fraction of sp³-hybridized carbons (Fsp3) is 0.846. The summed E-state index contributed by atoms with van der Waals surface area (Å²) in [5.74, 6) is -1.88. The first-order chi connectivity index (χ1) is 8.35. The second-order valence-corrected chi connectivity index (χ2v) is 6.12. The quantitative estimate of drug-likeness (QED) is 0.726. The topological polar surface area (TPSA) is 69.6 Å². The minimum atomic E-state index is -0.866. The zero-order chi connectivity index (χ0) is 13.5. The number of amides is 1. The van der Waals surface area contributed by atoms with Crippen LogP contribution in [0.1, 0.15) is 26.7 Å². The van der Waals surface area contributed by atoms with Crippen molar-refractivity contribution < 1.29 is 14.7 Å². The van der Waals surface area contributed by atoms with Crippen molar-refractivity contribution in [2.75, 3.05) is 20.1 Å². The third kappa shape index (κ3) is 2.51. The van der Waals surface area contributed by atoms with Gasteiger partial charge in [-0.2, -0.15) is 0 Å². The van der Waals surface area contributed by atoms with Gasteiger partial charge in [-0.1, -0.05) is 13.8 Å². The van der Waals surface area contributed by atoms with E-state index >= 15 is 0 Å². The third-order valence-corrected chi connectivity index (χ3v) is 4.31. The number of carboxylic acids is 1. The van der Waals surface area contributed by atoms with Crippen molar-refractivity contribution in [2.45, 2.75) is 32.7 Å². The number of nitrogens with zero attached hydrogens (tertiary/aromatic N) is 1. The zero-order valence-electron chi connectivity index (χ0n) is 11.3. The molecule has 2 N–H and O–H groups in total. The fourth-order valence-corrected chi connectivity index (χ4v) is 2.75. The lowest BCUT2D eigenvalue weighted by Gasteiger charge is -2.15. The van der Waals surface area contributed by atoms with Crippen LogP contribution >= 0.6 is 0 Å². The molecular weight excluding hydrogens is 232 g/mol. The summed E-state index contributed by atoms with van der Waals surface area (Å²) in [6.07, 6.45) is 2.50. The number of aliphatic carboxylic acids is 1. The summed E-state index contributed by atoms with van der Waals surface area (Å²) in [6, 6.07) is 0.686. The van der Waals surface area contributed by atoms with Gasteiger partial charge in [0.15, 0.2) is 0 Å². The van der Waals surface area contributed by atoms with E-state index in [4.69, 9.17) is 5.11 Å². The molecule has 2 aliphatic rings. The van der Waals surface area contributed by atoms with E-state index in [0.717, 1.165) is 6.54 Å². The molecule has 0 radical (unpaired) electrons. The Morgan fingerprint density at radius 2 is 1.94 bits per heavy atom. The summed E-state index contributed by atoms with van der Waals surface area (Å²) in [7, 11) is 2.06. The predicted molar refractivity (Wildman–Crippen MR) is 67.1 cm³/mol. The molecule has 2 fully saturated rings. The van der Waals surface area contributed by atoms with Crippen LogP contribution in [0.5, 0.6) is 0 Å². The van der Waals surface area contributed by atoms with Crippen LogP contribution in [0.3, 0.4) is 0 Å². The summed E-state index contributed by atoms with van der Waals surface area (Å²) in [4.78, 5) is 25.1. The highest BCUT2D eigenvalue weighted by molar-refractivity contribution is 5.91. The van der Waals surface area contributed by atoms with Gasteiger partial charge in [-0.25, -0.2) is 0 Å². The predicted octanol–water partition coefficient (Wildman–Crippen LogP) is 0.554. The van der Waals surface area contributed by atoms with Crippen LogP contribution in [0.25, 0.3) is 0 Å². The SMILES string of the molecule is CN(CCNC(=O)[C@H]1[C@@H](C(=O)O)C1(C)C)C1CC1. The largest absolute Gasteiger partial charge is 0.481 e. The molecule has 102 valence electrons. The van der Waals surface area contributed by atoms with Gasteiger partial charge in [-0.05, 0) is 25.3 Å².